The fraction of sp³-hybridized carbons (Fsp3) is 0.429. The fourth-order valence-electron chi connectivity index (χ4n) is 2.55. The number of primary amides is 1. The van der Waals surface area contributed by atoms with Gasteiger partial charge >= 0.3 is 0 Å². The number of halogens is 1. The highest BCUT2D eigenvalue weighted by Crippen LogP contribution is 2.28. The van der Waals surface area contributed by atoms with Crippen molar-refractivity contribution in [2.75, 3.05) is 18.0 Å². The van der Waals surface area contributed by atoms with E-state index in [-0.39, 0.29) is 23.2 Å². The molecule has 1 fully saturated rings. The third-order valence-corrected chi connectivity index (χ3v) is 3.51. The first-order valence-electron chi connectivity index (χ1n) is 6.34. The summed E-state index contributed by atoms with van der Waals surface area (Å²) in [5.41, 5.74) is 5.97. The second-order valence-corrected chi connectivity index (χ2v) is 4.88. The minimum Gasteiger partial charge on any atom is -0.370 e. The lowest BCUT2D eigenvalue weighted by atomic mass is 9.96. The third-order valence-electron chi connectivity index (χ3n) is 3.51. The lowest BCUT2D eigenvalue weighted by molar-refractivity contribution is -0.122. The first-order valence-corrected chi connectivity index (χ1v) is 6.34. The third kappa shape index (κ3) is 2.75. The zero-order valence-electron chi connectivity index (χ0n) is 10.9. The molecule has 1 aromatic rings. The SMILES string of the molecule is CC(=O)c1c(F)cccc1N1CCCC(C(N)=O)C1. The number of nitrogens with two attached hydrogens (primary N) is 1. The summed E-state index contributed by atoms with van der Waals surface area (Å²) in [6.07, 6.45) is 1.55. The summed E-state index contributed by atoms with van der Waals surface area (Å²) in [5.74, 6) is -1.41. The van der Waals surface area contributed by atoms with Crippen molar-refractivity contribution in [2.24, 2.45) is 11.7 Å². The lowest BCUT2D eigenvalue weighted by Gasteiger charge is -2.34. The number of nitrogens with zero attached hydrogens (tertiary/aromatic N) is 1. The maximum absolute atomic E-state index is 13.8. The monoisotopic (exact) mass is 264 g/mol. The number of carbonyl (C=O) groups excluding carboxylic acids is 2. The van der Waals surface area contributed by atoms with Crippen molar-refractivity contribution in [3.63, 3.8) is 0 Å². The molecule has 19 heavy (non-hydrogen) atoms. The molecule has 1 unspecified atom stereocenters. The van der Waals surface area contributed by atoms with Gasteiger partial charge in [-0.15, -0.1) is 0 Å². The van der Waals surface area contributed by atoms with Gasteiger partial charge in [0.25, 0.3) is 0 Å². The van der Waals surface area contributed by atoms with Crippen LogP contribution in [0.2, 0.25) is 0 Å². The smallest absolute Gasteiger partial charge is 0.222 e. The average molecular weight is 264 g/mol. The second-order valence-electron chi connectivity index (χ2n) is 4.88. The van der Waals surface area contributed by atoms with Crippen LogP contribution in [0.3, 0.4) is 0 Å². The highest BCUT2D eigenvalue weighted by atomic mass is 19.1. The van der Waals surface area contributed by atoms with Gasteiger partial charge in [-0.3, -0.25) is 9.59 Å². The Hall–Kier alpha value is -1.91. The van der Waals surface area contributed by atoms with Gasteiger partial charge in [-0.25, -0.2) is 4.39 Å². The second kappa shape index (κ2) is 5.38. The van der Waals surface area contributed by atoms with E-state index in [1.165, 1.54) is 13.0 Å². The number of anilines is 1. The van der Waals surface area contributed by atoms with Crippen LogP contribution in [0.15, 0.2) is 18.2 Å². The van der Waals surface area contributed by atoms with E-state index in [9.17, 15) is 14.0 Å². The fourth-order valence-corrected chi connectivity index (χ4v) is 2.55. The van der Waals surface area contributed by atoms with Crippen LogP contribution in [0.1, 0.15) is 30.1 Å². The summed E-state index contributed by atoms with van der Waals surface area (Å²) >= 11 is 0. The molecule has 0 bridgehead atoms. The van der Waals surface area contributed by atoms with Crippen LogP contribution in [0.4, 0.5) is 10.1 Å². The van der Waals surface area contributed by atoms with Crippen LogP contribution in [0, 0.1) is 11.7 Å². The molecule has 0 aliphatic carbocycles. The van der Waals surface area contributed by atoms with E-state index in [1.807, 2.05) is 4.90 Å². The predicted octanol–water partition coefficient (Wildman–Crippen LogP) is 1.73. The topological polar surface area (TPSA) is 63.4 Å². The Morgan fingerprint density at radius 1 is 1.42 bits per heavy atom. The van der Waals surface area contributed by atoms with Gasteiger partial charge in [0.2, 0.25) is 5.91 Å². The van der Waals surface area contributed by atoms with E-state index in [1.54, 1.807) is 12.1 Å². The lowest BCUT2D eigenvalue weighted by Crippen LogP contribution is -2.41. The summed E-state index contributed by atoms with van der Waals surface area (Å²) in [5, 5.41) is 0. The highest BCUT2D eigenvalue weighted by Gasteiger charge is 2.26. The van der Waals surface area contributed by atoms with Crippen LogP contribution in [0.25, 0.3) is 0 Å². The van der Waals surface area contributed by atoms with Gasteiger partial charge in [0, 0.05) is 13.1 Å². The molecule has 1 aromatic carbocycles. The number of ketones is 1. The number of benzene rings is 1. The predicted molar refractivity (Wildman–Crippen MR) is 70.5 cm³/mol. The molecule has 1 saturated heterocycles. The Balaban J connectivity index is 2.34. The summed E-state index contributed by atoms with van der Waals surface area (Å²) < 4.78 is 13.8. The van der Waals surface area contributed by atoms with Crippen LogP contribution >= 0.6 is 0 Å². The van der Waals surface area contributed by atoms with Crippen LogP contribution in [0.5, 0.6) is 0 Å². The summed E-state index contributed by atoms with van der Waals surface area (Å²) in [4.78, 5) is 24.7. The van der Waals surface area contributed by atoms with Crippen molar-refractivity contribution in [3.8, 4) is 0 Å². The Labute approximate surface area is 111 Å². The minimum absolute atomic E-state index is 0.0904. The maximum Gasteiger partial charge on any atom is 0.222 e. The minimum atomic E-state index is -0.522. The molecule has 0 saturated carbocycles. The van der Waals surface area contributed by atoms with Crippen molar-refractivity contribution in [2.45, 2.75) is 19.8 Å². The Morgan fingerprint density at radius 2 is 2.16 bits per heavy atom. The molecule has 102 valence electrons. The standard InChI is InChI=1S/C14H17FN2O2/c1-9(18)13-11(15)5-2-6-12(13)17-7-3-4-10(8-17)14(16)19/h2,5-6,10H,3-4,7-8H2,1H3,(H2,16,19). The first-order chi connectivity index (χ1) is 9.00. The number of piperidine rings is 1. The number of Topliss-reactive ketones (excluding diaryl/α,β-unsaturated/α-hetero) is 1. The maximum atomic E-state index is 13.8. The van der Waals surface area contributed by atoms with E-state index in [0.29, 0.717) is 18.8 Å². The number of hydrogen-bond acceptors (Lipinski definition) is 3. The van der Waals surface area contributed by atoms with Gasteiger partial charge in [-0.05, 0) is 31.9 Å². The van der Waals surface area contributed by atoms with Gasteiger partial charge in [0.1, 0.15) is 5.82 Å². The zero-order valence-corrected chi connectivity index (χ0v) is 10.9. The number of hydrogen-bond donors (Lipinski definition) is 1. The van der Waals surface area contributed by atoms with Gasteiger partial charge in [0.05, 0.1) is 17.2 Å². The summed E-state index contributed by atoms with van der Waals surface area (Å²) in [7, 11) is 0. The average Bonchev–Trinajstić information content (AvgIpc) is 2.38. The van der Waals surface area contributed by atoms with E-state index < -0.39 is 5.82 Å². The molecule has 1 aliphatic heterocycles. The molecule has 1 atom stereocenters. The molecule has 2 rings (SSSR count). The van der Waals surface area contributed by atoms with E-state index in [4.69, 9.17) is 5.73 Å². The first kappa shape index (κ1) is 13.5. The van der Waals surface area contributed by atoms with Crippen molar-refractivity contribution in [1.82, 2.24) is 0 Å². The molecule has 4 nitrogen and oxygen atoms in total. The van der Waals surface area contributed by atoms with Crippen LogP contribution in [-0.2, 0) is 4.79 Å². The van der Waals surface area contributed by atoms with E-state index >= 15 is 0 Å². The zero-order chi connectivity index (χ0) is 14.0. The summed E-state index contributed by atoms with van der Waals surface area (Å²) in [6, 6.07) is 4.56. The van der Waals surface area contributed by atoms with Gasteiger partial charge in [0.15, 0.2) is 5.78 Å². The van der Waals surface area contributed by atoms with Gasteiger partial charge in [-0.2, -0.15) is 0 Å². The number of amides is 1. The van der Waals surface area contributed by atoms with Crippen molar-refractivity contribution < 1.29 is 14.0 Å². The molecule has 5 heteroatoms. The number of carbonyl (C=O) groups is 2. The molecule has 0 spiro atoms. The molecule has 1 heterocycles. The molecule has 0 aromatic heterocycles. The summed E-state index contributed by atoms with van der Waals surface area (Å²) in [6.45, 7) is 2.49. The van der Waals surface area contributed by atoms with Crippen molar-refractivity contribution in [1.29, 1.82) is 0 Å². The van der Waals surface area contributed by atoms with E-state index in [0.717, 1.165) is 12.8 Å². The molecule has 0 radical (unpaired) electrons. The number of rotatable bonds is 3. The van der Waals surface area contributed by atoms with Crippen LogP contribution in [-0.4, -0.2) is 24.8 Å². The van der Waals surface area contributed by atoms with Crippen molar-refractivity contribution in [3.05, 3.63) is 29.6 Å². The quantitative estimate of drug-likeness (QED) is 0.846. The highest BCUT2D eigenvalue weighted by molar-refractivity contribution is 6.00. The molecular formula is C14H17FN2O2. The molecule has 1 aliphatic rings. The van der Waals surface area contributed by atoms with Gasteiger partial charge < -0.3 is 10.6 Å². The molecular weight excluding hydrogens is 247 g/mol. The Morgan fingerprint density at radius 3 is 2.79 bits per heavy atom. The van der Waals surface area contributed by atoms with Crippen LogP contribution < -0.4 is 10.6 Å². The molecule has 2 N–H and O–H groups in total. The Kier molecular flexibility index (Phi) is 3.83. The van der Waals surface area contributed by atoms with Gasteiger partial charge in [-0.1, -0.05) is 6.07 Å². The Bertz CT molecular complexity index is 516. The molecule has 1 amide bonds. The normalized spacial score (nSPS) is 19.3. The van der Waals surface area contributed by atoms with E-state index in [2.05, 4.69) is 0 Å². The largest absolute Gasteiger partial charge is 0.370 e. The van der Waals surface area contributed by atoms with Crippen molar-refractivity contribution >= 4 is 17.4 Å².